The number of hydrogen-bond acceptors (Lipinski definition) is 3. The van der Waals surface area contributed by atoms with Gasteiger partial charge in [-0.3, -0.25) is 16.3 Å². The molecule has 0 saturated heterocycles. The second-order valence-electron chi connectivity index (χ2n) is 5.90. The first-order valence-corrected chi connectivity index (χ1v) is 7.03. The van der Waals surface area contributed by atoms with E-state index in [2.05, 4.69) is 41.6 Å². The molecule has 3 nitrogen and oxygen atoms in total. The van der Waals surface area contributed by atoms with Gasteiger partial charge in [0.05, 0.1) is 6.04 Å². The molecule has 3 rings (SSSR count). The summed E-state index contributed by atoms with van der Waals surface area (Å²) in [5, 5.41) is 2.44. The van der Waals surface area contributed by atoms with Crippen molar-refractivity contribution in [3.63, 3.8) is 0 Å². The van der Waals surface area contributed by atoms with E-state index < -0.39 is 0 Å². The topological polar surface area (TPSA) is 50.9 Å². The molecule has 100 valence electrons. The Hall–Kier alpha value is -1.45. The van der Waals surface area contributed by atoms with E-state index in [1.54, 1.807) is 0 Å². The van der Waals surface area contributed by atoms with Gasteiger partial charge in [-0.1, -0.05) is 38.0 Å². The zero-order chi connectivity index (χ0) is 13.3. The van der Waals surface area contributed by atoms with Crippen LogP contribution < -0.4 is 11.3 Å². The van der Waals surface area contributed by atoms with Gasteiger partial charge in [0.25, 0.3) is 0 Å². The second kappa shape index (κ2) is 4.91. The van der Waals surface area contributed by atoms with Gasteiger partial charge in [-0.25, -0.2) is 0 Å². The average molecular weight is 255 g/mol. The Labute approximate surface area is 114 Å². The van der Waals surface area contributed by atoms with E-state index in [0.717, 1.165) is 0 Å². The number of aromatic nitrogens is 1. The Morgan fingerprint density at radius 2 is 2.05 bits per heavy atom. The largest absolute Gasteiger partial charge is 0.271 e. The molecule has 2 aromatic rings. The van der Waals surface area contributed by atoms with Crippen LogP contribution in [0.3, 0.4) is 0 Å². The molecule has 0 bridgehead atoms. The van der Waals surface area contributed by atoms with Crippen molar-refractivity contribution in [2.45, 2.75) is 38.6 Å². The molecule has 1 aliphatic carbocycles. The highest BCUT2D eigenvalue weighted by atomic mass is 15.2. The summed E-state index contributed by atoms with van der Waals surface area (Å²) >= 11 is 0. The van der Waals surface area contributed by atoms with Crippen molar-refractivity contribution in [3.05, 3.63) is 42.2 Å². The summed E-state index contributed by atoms with van der Waals surface area (Å²) in [6.07, 6.45) is 8.87. The Kier molecular flexibility index (Phi) is 3.25. The van der Waals surface area contributed by atoms with Crippen LogP contribution in [-0.2, 0) is 0 Å². The van der Waals surface area contributed by atoms with Gasteiger partial charge >= 0.3 is 0 Å². The van der Waals surface area contributed by atoms with Crippen molar-refractivity contribution < 1.29 is 0 Å². The van der Waals surface area contributed by atoms with Crippen molar-refractivity contribution in [1.29, 1.82) is 0 Å². The van der Waals surface area contributed by atoms with E-state index in [0.29, 0.717) is 0 Å². The van der Waals surface area contributed by atoms with Gasteiger partial charge in [-0.05, 0) is 35.3 Å². The van der Waals surface area contributed by atoms with E-state index in [4.69, 9.17) is 5.84 Å². The minimum atomic E-state index is 0.197. The molecular formula is C16H21N3. The molecule has 0 amide bonds. The highest BCUT2D eigenvalue weighted by Gasteiger charge is 2.37. The third-order valence-corrected chi connectivity index (χ3v) is 4.64. The van der Waals surface area contributed by atoms with Gasteiger partial charge in [-0.15, -0.1) is 0 Å². The Balaban J connectivity index is 2.11. The average Bonchev–Trinajstić information content (AvgIpc) is 2.87. The summed E-state index contributed by atoms with van der Waals surface area (Å²) in [7, 11) is 0. The predicted octanol–water partition coefficient (Wildman–Crippen LogP) is 3.32. The van der Waals surface area contributed by atoms with Gasteiger partial charge in [-0.2, -0.15) is 0 Å². The van der Waals surface area contributed by atoms with Crippen molar-refractivity contribution >= 4 is 10.8 Å². The van der Waals surface area contributed by atoms with Crippen molar-refractivity contribution in [3.8, 4) is 0 Å². The zero-order valence-electron chi connectivity index (χ0n) is 11.4. The molecule has 0 radical (unpaired) electrons. The van der Waals surface area contributed by atoms with Crippen LogP contribution in [0.1, 0.15) is 44.2 Å². The molecule has 1 atom stereocenters. The monoisotopic (exact) mass is 255 g/mol. The predicted molar refractivity (Wildman–Crippen MR) is 78.4 cm³/mol. The number of hydrazine groups is 1. The lowest BCUT2D eigenvalue weighted by Crippen LogP contribution is -2.38. The maximum atomic E-state index is 5.89. The normalized spacial score (nSPS) is 19.7. The first kappa shape index (κ1) is 12.6. The van der Waals surface area contributed by atoms with Crippen LogP contribution in [0, 0.1) is 5.41 Å². The van der Waals surface area contributed by atoms with Crippen LogP contribution in [0.5, 0.6) is 0 Å². The van der Waals surface area contributed by atoms with E-state index >= 15 is 0 Å². The molecule has 19 heavy (non-hydrogen) atoms. The number of nitrogens with two attached hydrogens (primary N) is 1. The number of nitrogens with zero attached hydrogens (tertiary/aromatic N) is 1. The van der Waals surface area contributed by atoms with Gasteiger partial charge in [0.1, 0.15) is 0 Å². The second-order valence-corrected chi connectivity index (χ2v) is 5.90. The van der Waals surface area contributed by atoms with Crippen molar-refractivity contribution in [2.75, 3.05) is 0 Å². The van der Waals surface area contributed by atoms with Crippen LogP contribution in [0.25, 0.3) is 10.8 Å². The lowest BCUT2D eigenvalue weighted by atomic mass is 9.76. The third-order valence-electron chi connectivity index (χ3n) is 4.64. The summed E-state index contributed by atoms with van der Waals surface area (Å²) in [6.45, 7) is 2.35. The van der Waals surface area contributed by atoms with Gasteiger partial charge in [0, 0.05) is 17.8 Å². The minimum absolute atomic E-state index is 0.197. The number of benzene rings is 1. The summed E-state index contributed by atoms with van der Waals surface area (Å²) < 4.78 is 0. The lowest BCUT2D eigenvalue weighted by molar-refractivity contribution is 0.226. The molecular weight excluding hydrogens is 234 g/mol. The number of pyridine rings is 1. The highest BCUT2D eigenvalue weighted by Crippen LogP contribution is 2.47. The molecule has 1 aromatic carbocycles. The van der Waals surface area contributed by atoms with Crippen LogP contribution in [-0.4, -0.2) is 4.98 Å². The molecule has 0 spiro atoms. The van der Waals surface area contributed by atoms with E-state index in [1.807, 2.05) is 12.4 Å². The molecule has 1 fully saturated rings. The maximum absolute atomic E-state index is 5.89. The molecule has 1 saturated carbocycles. The molecule has 3 N–H and O–H groups in total. The fourth-order valence-corrected chi connectivity index (χ4v) is 3.53. The Morgan fingerprint density at radius 1 is 1.26 bits per heavy atom. The van der Waals surface area contributed by atoms with E-state index in [1.165, 1.54) is 42.0 Å². The van der Waals surface area contributed by atoms with Crippen LogP contribution >= 0.6 is 0 Å². The summed E-state index contributed by atoms with van der Waals surface area (Å²) in [5.41, 5.74) is 4.59. The van der Waals surface area contributed by atoms with Gasteiger partial charge in [0.2, 0.25) is 0 Å². The standard InChI is InChI=1S/C16H21N3/c1-16(8-2-3-9-16)15(19-17)13-6-4-5-12-7-10-18-11-14(12)13/h4-7,10-11,15,19H,2-3,8-9,17H2,1H3. The van der Waals surface area contributed by atoms with Crippen molar-refractivity contribution in [1.82, 2.24) is 10.4 Å². The molecule has 0 aliphatic heterocycles. The van der Waals surface area contributed by atoms with Crippen LogP contribution in [0.2, 0.25) is 0 Å². The first-order chi connectivity index (χ1) is 9.24. The minimum Gasteiger partial charge on any atom is -0.271 e. The van der Waals surface area contributed by atoms with E-state index in [-0.39, 0.29) is 11.5 Å². The molecule has 3 heteroatoms. The molecule has 1 aromatic heterocycles. The van der Waals surface area contributed by atoms with Gasteiger partial charge in [0.15, 0.2) is 0 Å². The number of nitrogens with one attached hydrogen (secondary N) is 1. The molecule has 1 unspecified atom stereocenters. The number of hydrogen-bond donors (Lipinski definition) is 2. The zero-order valence-corrected chi connectivity index (χ0v) is 11.4. The SMILES string of the molecule is CC1(C(NN)c2cccc3ccncc23)CCCC1. The molecule has 1 aliphatic rings. The number of rotatable bonds is 3. The Morgan fingerprint density at radius 3 is 2.79 bits per heavy atom. The molecule has 1 heterocycles. The van der Waals surface area contributed by atoms with E-state index in [9.17, 15) is 0 Å². The fourth-order valence-electron chi connectivity index (χ4n) is 3.53. The van der Waals surface area contributed by atoms with Crippen LogP contribution in [0.4, 0.5) is 0 Å². The van der Waals surface area contributed by atoms with Crippen LogP contribution in [0.15, 0.2) is 36.7 Å². The summed E-state index contributed by atoms with van der Waals surface area (Å²) in [5.74, 6) is 5.89. The van der Waals surface area contributed by atoms with Gasteiger partial charge < -0.3 is 0 Å². The Bertz CT molecular complexity index is 568. The third kappa shape index (κ3) is 2.13. The maximum Gasteiger partial charge on any atom is 0.0520 e. The number of fused-ring (bicyclic) bond motifs is 1. The fraction of sp³-hybridized carbons (Fsp3) is 0.438. The smallest absolute Gasteiger partial charge is 0.0520 e. The van der Waals surface area contributed by atoms with Crippen molar-refractivity contribution in [2.24, 2.45) is 11.3 Å². The first-order valence-electron chi connectivity index (χ1n) is 7.03. The summed E-state index contributed by atoms with van der Waals surface area (Å²) in [4.78, 5) is 4.27. The lowest BCUT2D eigenvalue weighted by Gasteiger charge is -2.34. The summed E-state index contributed by atoms with van der Waals surface area (Å²) in [6, 6.07) is 8.68. The quantitative estimate of drug-likeness (QED) is 0.653. The highest BCUT2D eigenvalue weighted by molar-refractivity contribution is 5.85.